The van der Waals surface area contributed by atoms with Crippen LogP contribution in [0.5, 0.6) is 0 Å². The first-order valence-electron chi connectivity index (χ1n) is 5.46. The van der Waals surface area contributed by atoms with Crippen molar-refractivity contribution in [2.75, 3.05) is 6.61 Å². The lowest BCUT2D eigenvalue weighted by molar-refractivity contribution is -0.145. The van der Waals surface area contributed by atoms with Gasteiger partial charge in [-0.2, -0.15) is 0 Å². The van der Waals surface area contributed by atoms with Crippen molar-refractivity contribution in [1.29, 1.82) is 0 Å². The van der Waals surface area contributed by atoms with Gasteiger partial charge in [0.2, 0.25) is 6.29 Å². The molecule has 0 N–H and O–H groups in total. The molecule has 5 heteroatoms. The summed E-state index contributed by atoms with van der Waals surface area (Å²) in [7, 11) is 0. The maximum absolute atomic E-state index is 12.8. The van der Waals surface area contributed by atoms with E-state index in [4.69, 9.17) is 9.57 Å². The third kappa shape index (κ3) is 3.04. The highest BCUT2D eigenvalue weighted by Crippen LogP contribution is 2.23. The van der Waals surface area contributed by atoms with Crippen molar-refractivity contribution >= 4 is 21.6 Å². The summed E-state index contributed by atoms with van der Waals surface area (Å²) in [5.41, 5.74) is 1.61. The second-order valence-corrected chi connectivity index (χ2v) is 4.78. The van der Waals surface area contributed by atoms with Crippen LogP contribution >= 0.6 is 15.9 Å². The maximum Gasteiger partial charge on any atom is 0.228 e. The lowest BCUT2D eigenvalue weighted by Gasteiger charge is -2.24. The Hall–Kier alpha value is -0.940. The van der Waals surface area contributed by atoms with Gasteiger partial charge in [0.25, 0.3) is 0 Å². The van der Waals surface area contributed by atoms with Crippen LogP contribution in [0.1, 0.15) is 18.9 Å². The molecular weight excluding hydrogens is 289 g/mol. The first-order valence-corrected chi connectivity index (χ1v) is 6.37. The highest BCUT2D eigenvalue weighted by molar-refractivity contribution is 9.10. The summed E-state index contributed by atoms with van der Waals surface area (Å²) in [4.78, 5) is 5.28. The monoisotopic (exact) mass is 301 g/mol. The molecule has 0 saturated heterocycles. The molecule has 0 amide bonds. The minimum atomic E-state index is -0.312. The quantitative estimate of drug-likeness (QED) is 0.803. The predicted molar refractivity (Wildman–Crippen MR) is 66.8 cm³/mol. The van der Waals surface area contributed by atoms with E-state index in [1.165, 1.54) is 12.1 Å². The van der Waals surface area contributed by atoms with E-state index in [0.717, 1.165) is 11.3 Å². The smallest absolute Gasteiger partial charge is 0.228 e. The molecule has 0 aromatic heterocycles. The van der Waals surface area contributed by atoms with Gasteiger partial charge in [-0.15, -0.1) is 0 Å². The van der Waals surface area contributed by atoms with E-state index < -0.39 is 0 Å². The van der Waals surface area contributed by atoms with E-state index in [0.29, 0.717) is 13.0 Å². The van der Waals surface area contributed by atoms with E-state index >= 15 is 0 Å². The topological polar surface area (TPSA) is 30.8 Å². The molecule has 1 aliphatic heterocycles. The van der Waals surface area contributed by atoms with Crippen LogP contribution in [0, 0.1) is 5.82 Å². The lowest BCUT2D eigenvalue weighted by Crippen LogP contribution is -2.30. The van der Waals surface area contributed by atoms with Crippen LogP contribution in [0.2, 0.25) is 0 Å². The van der Waals surface area contributed by atoms with Gasteiger partial charge in [0, 0.05) is 18.6 Å². The first-order chi connectivity index (χ1) is 8.20. The zero-order valence-corrected chi connectivity index (χ0v) is 11.0. The average Bonchev–Trinajstić information content (AvgIpc) is 2.31. The molecule has 1 aliphatic rings. The highest BCUT2D eigenvalue weighted by Gasteiger charge is 2.26. The first kappa shape index (κ1) is 12.5. The molecule has 1 heterocycles. The van der Waals surface area contributed by atoms with Crippen LogP contribution in [-0.2, 0) is 9.57 Å². The minimum Gasteiger partial charge on any atom is -0.363 e. The van der Waals surface area contributed by atoms with E-state index in [1.54, 1.807) is 12.1 Å². The fraction of sp³-hybridized carbons (Fsp3) is 0.417. The number of nitrogens with zero attached hydrogens (tertiary/aromatic N) is 1. The third-order valence-electron chi connectivity index (χ3n) is 2.46. The Morgan fingerprint density at radius 3 is 2.76 bits per heavy atom. The molecule has 3 nitrogen and oxygen atoms in total. The van der Waals surface area contributed by atoms with E-state index in [9.17, 15) is 4.39 Å². The number of rotatable bonds is 3. The normalized spacial score (nSPS) is 24.1. The molecular formula is C12H13BrFNO2. The lowest BCUT2D eigenvalue weighted by atomic mass is 10.0. The van der Waals surface area contributed by atoms with Crippen LogP contribution < -0.4 is 0 Å². The molecule has 2 atom stereocenters. The van der Waals surface area contributed by atoms with Crippen molar-refractivity contribution in [3.63, 3.8) is 0 Å². The minimum absolute atomic E-state index is 0.0539. The second-order valence-electron chi connectivity index (χ2n) is 3.68. The fourth-order valence-corrected chi connectivity index (χ4v) is 2.29. The number of hydrogen-bond donors (Lipinski definition) is 0. The second kappa shape index (κ2) is 5.60. The van der Waals surface area contributed by atoms with Crippen LogP contribution in [-0.4, -0.2) is 23.4 Å². The number of oxime groups is 1. The van der Waals surface area contributed by atoms with E-state index in [2.05, 4.69) is 21.1 Å². The Morgan fingerprint density at radius 2 is 2.18 bits per heavy atom. The van der Waals surface area contributed by atoms with Crippen molar-refractivity contribution in [3.8, 4) is 0 Å². The summed E-state index contributed by atoms with van der Waals surface area (Å²) in [6.07, 6.45) is 0.373. The molecule has 0 aliphatic carbocycles. The van der Waals surface area contributed by atoms with Crippen LogP contribution in [0.4, 0.5) is 4.39 Å². The molecule has 0 unspecified atom stereocenters. The van der Waals surface area contributed by atoms with E-state index in [1.807, 2.05) is 6.92 Å². The molecule has 0 saturated carbocycles. The fourth-order valence-electron chi connectivity index (χ4n) is 1.63. The Bertz CT molecular complexity index is 407. The van der Waals surface area contributed by atoms with Crippen molar-refractivity contribution in [2.24, 2.45) is 5.16 Å². The van der Waals surface area contributed by atoms with Crippen molar-refractivity contribution < 1.29 is 14.0 Å². The zero-order valence-electron chi connectivity index (χ0n) is 9.40. The van der Waals surface area contributed by atoms with Gasteiger partial charge in [0.1, 0.15) is 11.5 Å². The van der Waals surface area contributed by atoms with Gasteiger partial charge in [-0.3, -0.25) is 0 Å². The zero-order chi connectivity index (χ0) is 12.3. The van der Waals surface area contributed by atoms with Crippen molar-refractivity contribution in [1.82, 2.24) is 0 Å². The molecule has 1 aromatic carbocycles. The number of alkyl halides is 1. The molecule has 92 valence electrons. The van der Waals surface area contributed by atoms with Crippen molar-refractivity contribution in [3.05, 3.63) is 35.6 Å². The molecule has 0 bridgehead atoms. The molecule has 0 fully saturated rings. The molecule has 0 radical (unpaired) electrons. The Kier molecular flexibility index (Phi) is 4.12. The number of hydrogen-bond acceptors (Lipinski definition) is 3. The van der Waals surface area contributed by atoms with Gasteiger partial charge in [-0.05, 0) is 19.1 Å². The maximum atomic E-state index is 12.8. The standard InChI is InChI=1S/C12H13BrFNO2/c1-2-16-11-7-10(13)12(15-17-11)8-3-5-9(14)6-4-8/h3-6,10-11H,2,7H2,1H3/t10-,11+/m0/s1. The van der Waals surface area contributed by atoms with Crippen LogP contribution in [0.3, 0.4) is 0 Å². The molecule has 0 spiro atoms. The van der Waals surface area contributed by atoms with Gasteiger partial charge in [0.05, 0.1) is 4.83 Å². The Morgan fingerprint density at radius 1 is 1.47 bits per heavy atom. The summed E-state index contributed by atoms with van der Waals surface area (Å²) in [5.74, 6) is -0.260. The largest absolute Gasteiger partial charge is 0.363 e. The SMILES string of the molecule is CCO[C@H]1C[C@H](Br)C(c2ccc(F)cc2)=NO1. The highest BCUT2D eigenvalue weighted by atomic mass is 79.9. The average molecular weight is 302 g/mol. The third-order valence-corrected chi connectivity index (χ3v) is 3.26. The Balaban J connectivity index is 2.14. The summed E-state index contributed by atoms with van der Waals surface area (Å²) in [6, 6.07) is 6.19. The van der Waals surface area contributed by atoms with Gasteiger partial charge < -0.3 is 9.57 Å². The molecule has 17 heavy (non-hydrogen) atoms. The summed E-state index contributed by atoms with van der Waals surface area (Å²) < 4.78 is 18.1. The van der Waals surface area contributed by atoms with Crippen LogP contribution in [0.15, 0.2) is 29.4 Å². The predicted octanol–water partition coefficient (Wildman–Crippen LogP) is 3.08. The number of halogens is 2. The molecule has 1 aromatic rings. The summed E-state index contributed by atoms with van der Waals surface area (Å²) >= 11 is 3.54. The molecule has 2 rings (SSSR count). The summed E-state index contributed by atoms with van der Waals surface area (Å²) in [6.45, 7) is 2.50. The Labute approximate surface area is 108 Å². The van der Waals surface area contributed by atoms with Crippen LogP contribution in [0.25, 0.3) is 0 Å². The van der Waals surface area contributed by atoms with Gasteiger partial charge in [-0.1, -0.05) is 33.2 Å². The van der Waals surface area contributed by atoms with Gasteiger partial charge >= 0.3 is 0 Å². The van der Waals surface area contributed by atoms with Gasteiger partial charge in [-0.25, -0.2) is 4.39 Å². The number of benzene rings is 1. The van der Waals surface area contributed by atoms with Gasteiger partial charge in [0.15, 0.2) is 0 Å². The van der Waals surface area contributed by atoms with E-state index in [-0.39, 0.29) is 16.9 Å². The number of ether oxygens (including phenoxy) is 1. The van der Waals surface area contributed by atoms with Crippen molar-refractivity contribution in [2.45, 2.75) is 24.5 Å². The summed E-state index contributed by atoms with van der Waals surface area (Å²) in [5, 5.41) is 4.03.